The molecule has 0 fully saturated rings. The van der Waals surface area contributed by atoms with Crippen LogP contribution in [0.4, 0.5) is 10.7 Å². The number of rotatable bonds is 5. The van der Waals surface area contributed by atoms with Gasteiger partial charge in [0.25, 0.3) is 0 Å². The average Bonchev–Trinajstić information content (AvgIpc) is 2.63. The van der Waals surface area contributed by atoms with E-state index in [0.717, 1.165) is 0 Å². The van der Waals surface area contributed by atoms with Gasteiger partial charge in [-0.2, -0.15) is 0 Å². The van der Waals surface area contributed by atoms with Crippen LogP contribution in [0.2, 0.25) is 0 Å². The van der Waals surface area contributed by atoms with Crippen molar-refractivity contribution in [1.82, 2.24) is 0 Å². The molecular formula is C11H18N2O3S. The highest BCUT2D eigenvalue weighted by atomic mass is 32.1. The summed E-state index contributed by atoms with van der Waals surface area (Å²) in [6.45, 7) is 8.28. The predicted molar refractivity (Wildman–Crippen MR) is 69.8 cm³/mol. The highest BCUT2D eigenvalue weighted by molar-refractivity contribution is 7.16. The van der Waals surface area contributed by atoms with Crippen LogP contribution < -0.4 is 4.90 Å². The van der Waals surface area contributed by atoms with Gasteiger partial charge in [0.2, 0.25) is 0 Å². The third kappa shape index (κ3) is 2.95. The molecule has 5 nitrogen and oxygen atoms in total. The van der Waals surface area contributed by atoms with Gasteiger partial charge in [0.05, 0.1) is 11.0 Å². The van der Waals surface area contributed by atoms with E-state index >= 15 is 0 Å². The Hall–Kier alpha value is -1.14. The molecule has 0 unspecified atom stereocenters. The van der Waals surface area contributed by atoms with E-state index in [4.69, 9.17) is 0 Å². The van der Waals surface area contributed by atoms with Crippen LogP contribution in [-0.4, -0.2) is 22.6 Å². The van der Waals surface area contributed by atoms with E-state index in [1.807, 2.05) is 25.7 Å². The third-order valence-electron chi connectivity index (χ3n) is 2.55. The quantitative estimate of drug-likeness (QED) is 0.651. The first-order valence-corrected chi connectivity index (χ1v) is 6.42. The summed E-state index contributed by atoms with van der Waals surface area (Å²) >= 11 is 1.29. The first kappa shape index (κ1) is 13.9. The Balaban J connectivity index is 3.24. The highest BCUT2D eigenvalue weighted by Crippen LogP contribution is 2.40. The molecule has 0 aliphatic heterocycles. The molecule has 0 saturated heterocycles. The Morgan fingerprint density at radius 2 is 2.12 bits per heavy atom. The van der Waals surface area contributed by atoms with Crippen LogP contribution >= 0.6 is 11.3 Å². The lowest BCUT2D eigenvalue weighted by molar-refractivity contribution is -0.383. The zero-order valence-corrected chi connectivity index (χ0v) is 11.3. The van der Waals surface area contributed by atoms with Gasteiger partial charge in [-0.15, -0.1) is 11.3 Å². The molecule has 0 aliphatic rings. The molecular weight excluding hydrogens is 240 g/mol. The molecule has 96 valence electrons. The van der Waals surface area contributed by atoms with Crippen molar-refractivity contribution in [2.45, 2.75) is 39.8 Å². The average molecular weight is 258 g/mol. The molecule has 1 aromatic rings. The number of nitrogens with zero attached hydrogens (tertiary/aromatic N) is 2. The fourth-order valence-corrected chi connectivity index (χ4v) is 2.94. The summed E-state index contributed by atoms with van der Waals surface area (Å²) in [5.41, 5.74) is 0.0847. The fourth-order valence-electron chi connectivity index (χ4n) is 1.68. The van der Waals surface area contributed by atoms with E-state index < -0.39 is 6.10 Å². The number of thiophene rings is 1. The van der Waals surface area contributed by atoms with Gasteiger partial charge in [-0.1, -0.05) is 0 Å². The number of hydrogen-bond acceptors (Lipinski definition) is 5. The monoisotopic (exact) mass is 258 g/mol. The molecule has 0 bridgehead atoms. The second-order valence-electron chi connectivity index (χ2n) is 4.15. The van der Waals surface area contributed by atoms with Gasteiger partial charge in [0.1, 0.15) is 0 Å². The molecule has 0 amide bonds. The molecule has 0 aliphatic carbocycles. The molecule has 17 heavy (non-hydrogen) atoms. The maximum atomic E-state index is 11.0. The zero-order chi connectivity index (χ0) is 13.2. The summed E-state index contributed by atoms with van der Waals surface area (Å²) in [7, 11) is 0. The summed E-state index contributed by atoms with van der Waals surface area (Å²) in [5.74, 6) is 0. The summed E-state index contributed by atoms with van der Waals surface area (Å²) in [6, 6.07) is 1.66. The van der Waals surface area contributed by atoms with Crippen molar-refractivity contribution in [2.24, 2.45) is 0 Å². The van der Waals surface area contributed by atoms with E-state index in [2.05, 4.69) is 0 Å². The van der Waals surface area contributed by atoms with Crippen molar-refractivity contribution in [3.63, 3.8) is 0 Å². The number of aliphatic hydroxyl groups is 1. The molecule has 6 heteroatoms. The molecule has 0 aromatic carbocycles. The molecule has 0 radical (unpaired) electrons. The molecule has 1 atom stereocenters. The fraction of sp³-hybridized carbons (Fsp3) is 0.636. The topological polar surface area (TPSA) is 66.6 Å². The van der Waals surface area contributed by atoms with Crippen LogP contribution in [0.3, 0.4) is 0 Å². The Labute approximate surface area is 105 Å². The minimum atomic E-state index is -0.668. The van der Waals surface area contributed by atoms with E-state index in [-0.39, 0.29) is 16.7 Å². The second-order valence-corrected chi connectivity index (χ2v) is 5.21. The maximum absolute atomic E-state index is 11.0. The van der Waals surface area contributed by atoms with Gasteiger partial charge in [0.15, 0.2) is 5.00 Å². The lowest BCUT2D eigenvalue weighted by Gasteiger charge is -2.24. The molecule has 1 N–H and O–H groups in total. The van der Waals surface area contributed by atoms with Gasteiger partial charge >= 0.3 is 5.69 Å². The Kier molecular flexibility index (Phi) is 4.47. The highest BCUT2D eigenvalue weighted by Gasteiger charge is 2.25. The lowest BCUT2D eigenvalue weighted by atomic mass is 10.3. The standard InChI is InChI=1S/C11H18N2O3S/c1-5-12(7(2)3)11-9(13(15)16)6-10(17-11)8(4)14/h6-8,14H,5H2,1-4H3/t8-/m0/s1. The van der Waals surface area contributed by atoms with Crippen molar-refractivity contribution in [3.05, 3.63) is 21.1 Å². The Morgan fingerprint density at radius 1 is 1.53 bits per heavy atom. The summed E-state index contributed by atoms with van der Waals surface area (Å²) < 4.78 is 0. The maximum Gasteiger partial charge on any atom is 0.304 e. The van der Waals surface area contributed by atoms with E-state index in [0.29, 0.717) is 16.4 Å². The van der Waals surface area contributed by atoms with Gasteiger partial charge in [-0.05, 0) is 27.7 Å². The molecule has 1 aromatic heterocycles. The van der Waals surface area contributed by atoms with Gasteiger partial charge in [-0.3, -0.25) is 10.1 Å². The molecule has 1 rings (SSSR count). The Morgan fingerprint density at radius 3 is 2.47 bits per heavy atom. The van der Waals surface area contributed by atoms with Crippen LogP contribution in [0.15, 0.2) is 6.07 Å². The molecule has 0 saturated carbocycles. The summed E-state index contributed by atoms with van der Waals surface area (Å²) in [5, 5.41) is 21.1. The first-order chi connectivity index (χ1) is 7.88. The molecule has 1 heterocycles. The predicted octanol–water partition coefficient (Wildman–Crippen LogP) is 2.94. The van der Waals surface area contributed by atoms with Crippen molar-refractivity contribution in [2.75, 3.05) is 11.4 Å². The number of nitro groups is 1. The largest absolute Gasteiger partial charge is 0.388 e. The summed E-state index contributed by atoms with van der Waals surface area (Å²) in [6.07, 6.45) is -0.668. The number of anilines is 1. The van der Waals surface area contributed by atoms with Crippen molar-refractivity contribution in [3.8, 4) is 0 Å². The van der Waals surface area contributed by atoms with Crippen LogP contribution in [0.25, 0.3) is 0 Å². The van der Waals surface area contributed by atoms with Crippen molar-refractivity contribution < 1.29 is 10.0 Å². The van der Waals surface area contributed by atoms with Crippen LogP contribution in [-0.2, 0) is 0 Å². The van der Waals surface area contributed by atoms with Crippen molar-refractivity contribution >= 4 is 22.0 Å². The van der Waals surface area contributed by atoms with Gasteiger partial charge in [-0.25, -0.2) is 0 Å². The van der Waals surface area contributed by atoms with E-state index in [1.165, 1.54) is 17.4 Å². The first-order valence-electron chi connectivity index (χ1n) is 5.61. The second kappa shape index (κ2) is 5.46. The van der Waals surface area contributed by atoms with Crippen LogP contribution in [0.5, 0.6) is 0 Å². The SMILES string of the molecule is CCN(c1sc([C@H](C)O)cc1[N+](=O)[O-])C(C)C. The Bertz CT molecular complexity index is 401. The molecule has 0 spiro atoms. The van der Waals surface area contributed by atoms with Crippen LogP contribution in [0.1, 0.15) is 38.7 Å². The van der Waals surface area contributed by atoms with E-state index in [9.17, 15) is 15.2 Å². The zero-order valence-electron chi connectivity index (χ0n) is 10.5. The smallest absolute Gasteiger partial charge is 0.304 e. The third-order valence-corrected chi connectivity index (χ3v) is 3.88. The minimum absolute atomic E-state index is 0.0847. The van der Waals surface area contributed by atoms with Gasteiger partial charge < -0.3 is 10.0 Å². The van der Waals surface area contributed by atoms with Crippen molar-refractivity contribution in [1.29, 1.82) is 0 Å². The van der Waals surface area contributed by atoms with Gasteiger partial charge in [0, 0.05) is 23.5 Å². The minimum Gasteiger partial charge on any atom is -0.388 e. The number of hydrogen-bond donors (Lipinski definition) is 1. The summed E-state index contributed by atoms with van der Waals surface area (Å²) in [4.78, 5) is 13.2. The number of aliphatic hydroxyl groups excluding tert-OH is 1. The lowest BCUT2D eigenvalue weighted by Crippen LogP contribution is -2.29. The normalized spacial score (nSPS) is 12.8. The van der Waals surface area contributed by atoms with E-state index in [1.54, 1.807) is 6.92 Å². The van der Waals surface area contributed by atoms with Crippen LogP contribution in [0, 0.1) is 10.1 Å².